The number of aromatic nitrogens is 2. The van der Waals surface area contributed by atoms with Gasteiger partial charge in [-0.1, -0.05) is 13.0 Å². The van der Waals surface area contributed by atoms with Crippen LogP contribution < -0.4 is 10.5 Å². The maximum atomic E-state index is 5.94. The van der Waals surface area contributed by atoms with Crippen molar-refractivity contribution in [1.29, 1.82) is 0 Å². The first-order chi connectivity index (χ1) is 10.1. The molecule has 3 aromatic rings. The molecule has 1 aromatic carbocycles. The number of aryl methyl sites for hydroxylation is 3. The molecule has 0 amide bonds. The van der Waals surface area contributed by atoms with Gasteiger partial charge in [0.1, 0.15) is 10.6 Å². The standard InChI is InChI=1S/C16H17N3OS/c1-4-12-8-13-14(18-16(17)19-15(13)21-12)20-11-6-5-9(2)10(3)7-11/h5-8H,4H2,1-3H3,(H2,17,18,19). The average Bonchev–Trinajstić information content (AvgIpc) is 2.86. The molecule has 0 saturated heterocycles. The Bertz CT molecular complexity index is 811. The molecule has 2 aromatic heterocycles. The number of rotatable bonds is 3. The molecule has 108 valence electrons. The van der Waals surface area contributed by atoms with Gasteiger partial charge >= 0.3 is 0 Å². The molecular formula is C16H17N3OS. The quantitative estimate of drug-likeness (QED) is 0.785. The van der Waals surface area contributed by atoms with Gasteiger partial charge < -0.3 is 10.5 Å². The molecule has 0 fully saturated rings. The van der Waals surface area contributed by atoms with E-state index in [0.29, 0.717) is 5.88 Å². The summed E-state index contributed by atoms with van der Waals surface area (Å²) in [5.41, 5.74) is 8.21. The first-order valence-electron chi connectivity index (χ1n) is 6.88. The summed E-state index contributed by atoms with van der Waals surface area (Å²) < 4.78 is 5.94. The molecule has 0 unspecified atom stereocenters. The van der Waals surface area contributed by atoms with Crippen molar-refractivity contribution in [2.75, 3.05) is 5.73 Å². The van der Waals surface area contributed by atoms with Crippen LogP contribution in [0.4, 0.5) is 5.95 Å². The highest BCUT2D eigenvalue weighted by molar-refractivity contribution is 7.18. The molecule has 0 aliphatic heterocycles. The summed E-state index contributed by atoms with van der Waals surface area (Å²) in [5, 5.41) is 0.921. The molecule has 2 heterocycles. The first kappa shape index (κ1) is 13.8. The van der Waals surface area contributed by atoms with Crippen molar-refractivity contribution in [3.05, 3.63) is 40.3 Å². The van der Waals surface area contributed by atoms with Gasteiger partial charge in [-0.15, -0.1) is 11.3 Å². The Hall–Kier alpha value is -2.14. The second-order valence-corrected chi connectivity index (χ2v) is 6.14. The number of nitrogen functional groups attached to an aromatic ring is 1. The fourth-order valence-corrected chi connectivity index (χ4v) is 3.07. The van der Waals surface area contributed by atoms with Crippen molar-refractivity contribution in [3.63, 3.8) is 0 Å². The third-order valence-electron chi connectivity index (χ3n) is 3.47. The lowest BCUT2D eigenvalue weighted by atomic mass is 10.1. The van der Waals surface area contributed by atoms with E-state index in [4.69, 9.17) is 10.5 Å². The molecule has 0 aliphatic rings. The van der Waals surface area contributed by atoms with Gasteiger partial charge in [0, 0.05) is 4.88 Å². The highest BCUT2D eigenvalue weighted by Crippen LogP contribution is 2.34. The minimum Gasteiger partial charge on any atom is -0.438 e. The van der Waals surface area contributed by atoms with Gasteiger partial charge in [0.15, 0.2) is 0 Å². The van der Waals surface area contributed by atoms with Crippen LogP contribution in [-0.4, -0.2) is 9.97 Å². The number of ether oxygens (including phenoxy) is 1. The van der Waals surface area contributed by atoms with Crippen LogP contribution in [0, 0.1) is 13.8 Å². The second-order valence-electron chi connectivity index (χ2n) is 5.02. The summed E-state index contributed by atoms with van der Waals surface area (Å²) in [6.07, 6.45) is 0.962. The predicted molar refractivity (Wildman–Crippen MR) is 87.2 cm³/mol. The third-order valence-corrected chi connectivity index (χ3v) is 4.64. The highest BCUT2D eigenvalue weighted by atomic mass is 32.1. The molecule has 3 rings (SSSR count). The van der Waals surface area contributed by atoms with Crippen LogP contribution in [0.15, 0.2) is 24.3 Å². The van der Waals surface area contributed by atoms with E-state index in [9.17, 15) is 0 Å². The van der Waals surface area contributed by atoms with E-state index in [0.717, 1.165) is 22.4 Å². The van der Waals surface area contributed by atoms with Crippen LogP contribution in [0.5, 0.6) is 11.6 Å². The minimum absolute atomic E-state index is 0.242. The normalized spacial score (nSPS) is 11.0. The van der Waals surface area contributed by atoms with Crippen LogP contribution in [0.3, 0.4) is 0 Å². The Morgan fingerprint density at radius 3 is 2.67 bits per heavy atom. The zero-order valence-corrected chi connectivity index (χ0v) is 13.1. The molecule has 5 heteroatoms. The van der Waals surface area contributed by atoms with Crippen molar-refractivity contribution in [1.82, 2.24) is 9.97 Å². The van der Waals surface area contributed by atoms with Gasteiger partial charge in [-0.2, -0.15) is 4.98 Å². The number of hydrogen-bond acceptors (Lipinski definition) is 5. The summed E-state index contributed by atoms with van der Waals surface area (Å²) >= 11 is 1.63. The number of anilines is 1. The van der Waals surface area contributed by atoms with Crippen molar-refractivity contribution in [2.24, 2.45) is 0 Å². The molecule has 0 bridgehead atoms. The van der Waals surface area contributed by atoms with Gasteiger partial charge in [0.25, 0.3) is 0 Å². The van der Waals surface area contributed by atoms with Crippen LogP contribution in [0.25, 0.3) is 10.2 Å². The Labute approximate surface area is 127 Å². The van der Waals surface area contributed by atoms with Crippen LogP contribution >= 0.6 is 11.3 Å². The van der Waals surface area contributed by atoms with E-state index < -0.39 is 0 Å². The van der Waals surface area contributed by atoms with Crippen LogP contribution in [-0.2, 0) is 6.42 Å². The van der Waals surface area contributed by atoms with Crippen molar-refractivity contribution in [3.8, 4) is 11.6 Å². The number of nitrogens with two attached hydrogens (primary N) is 1. The third kappa shape index (κ3) is 2.69. The Morgan fingerprint density at radius 1 is 1.14 bits per heavy atom. The van der Waals surface area contributed by atoms with Crippen molar-refractivity contribution >= 4 is 27.5 Å². The van der Waals surface area contributed by atoms with Crippen molar-refractivity contribution in [2.45, 2.75) is 27.2 Å². The highest BCUT2D eigenvalue weighted by Gasteiger charge is 2.12. The van der Waals surface area contributed by atoms with Gasteiger partial charge in [-0.25, -0.2) is 4.98 Å². The summed E-state index contributed by atoms with van der Waals surface area (Å²) in [6, 6.07) is 8.07. The van der Waals surface area contributed by atoms with E-state index in [-0.39, 0.29) is 5.95 Å². The van der Waals surface area contributed by atoms with E-state index >= 15 is 0 Å². The van der Waals surface area contributed by atoms with Gasteiger partial charge in [-0.05, 0) is 49.6 Å². The lowest BCUT2D eigenvalue weighted by molar-refractivity contribution is 0.469. The van der Waals surface area contributed by atoms with Gasteiger partial charge in [0.2, 0.25) is 11.8 Å². The number of thiophene rings is 1. The molecule has 0 spiro atoms. The number of hydrogen-bond donors (Lipinski definition) is 1. The smallest absolute Gasteiger partial charge is 0.232 e. The van der Waals surface area contributed by atoms with E-state index in [1.165, 1.54) is 16.0 Å². The van der Waals surface area contributed by atoms with E-state index in [1.54, 1.807) is 11.3 Å². The molecule has 2 N–H and O–H groups in total. The maximum absolute atomic E-state index is 5.94. The lowest BCUT2D eigenvalue weighted by Crippen LogP contribution is -1.97. The minimum atomic E-state index is 0.242. The van der Waals surface area contributed by atoms with Gasteiger partial charge in [-0.3, -0.25) is 0 Å². The number of nitrogens with zero attached hydrogens (tertiary/aromatic N) is 2. The number of benzene rings is 1. The maximum Gasteiger partial charge on any atom is 0.232 e. The summed E-state index contributed by atoms with van der Waals surface area (Å²) in [4.78, 5) is 10.6. The zero-order chi connectivity index (χ0) is 15.0. The molecule has 0 radical (unpaired) electrons. The summed E-state index contributed by atoms with van der Waals surface area (Å²) in [5.74, 6) is 1.53. The SMILES string of the molecule is CCc1cc2c(Oc3ccc(C)c(C)c3)nc(N)nc2s1. The zero-order valence-electron chi connectivity index (χ0n) is 12.3. The van der Waals surface area contributed by atoms with Gasteiger partial charge in [0.05, 0.1) is 5.39 Å². The average molecular weight is 299 g/mol. The summed E-state index contributed by atoms with van der Waals surface area (Å²) in [7, 11) is 0. The fourth-order valence-electron chi connectivity index (χ4n) is 2.10. The van der Waals surface area contributed by atoms with Crippen LogP contribution in [0.1, 0.15) is 22.9 Å². The molecule has 0 atom stereocenters. The lowest BCUT2D eigenvalue weighted by Gasteiger charge is -2.08. The van der Waals surface area contributed by atoms with Crippen molar-refractivity contribution < 1.29 is 4.74 Å². The number of fused-ring (bicyclic) bond motifs is 1. The topological polar surface area (TPSA) is 61.0 Å². The first-order valence-corrected chi connectivity index (χ1v) is 7.69. The fraction of sp³-hybridized carbons (Fsp3) is 0.250. The molecule has 21 heavy (non-hydrogen) atoms. The Kier molecular flexibility index (Phi) is 3.51. The molecule has 0 saturated carbocycles. The second kappa shape index (κ2) is 5.33. The Morgan fingerprint density at radius 2 is 1.95 bits per heavy atom. The summed E-state index contributed by atoms with van der Waals surface area (Å²) in [6.45, 7) is 6.25. The van der Waals surface area contributed by atoms with E-state index in [1.807, 2.05) is 18.2 Å². The largest absolute Gasteiger partial charge is 0.438 e. The Balaban J connectivity index is 2.06. The van der Waals surface area contributed by atoms with E-state index in [2.05, 4.69) is 36.8 Å². The van der Waals surface area contributed by atoms with Crippen LogP contribution in [0.2, 0.25) is 0 Å². The monoisotopic (exact) mass is 299 g/mol. The predicted octanol–water partition coefficient (Wildman–Crippen LogP) is 4.25. The molecule has 0 aliphatic carbocycles. The molecule has 4 nitrogen and oxygen atoms in total. The molecular weight excluding hydrogens is 282 g/mol.